The predicted octanol–water partition coefficient (Wildman–Crippen LogP) is 7.06. The number of carbonyl (C=O) groups excluding carboxylic acids is 10. The van der Waals surface area contributed by atoms with Crippen LogP contribution in [0.4, 0.5) is 10.5 Å². The summed E-state index contributed by atoms with van der Waals surface area (Å²) >= 11 is 7.85. The first-order valence-electron chi connectivity index (χ1n) is 32.0. The molecule has 0 spiro atoms. The lowest BCUT2D eigenvalue weighted by Crippen LogP contribution is -2.60. The van der Waals surface area contributed by atoms with Gasteiger partial charge in [-0.25, -0.2) is 9.59 Å². The smallest absolute Gasteiger partial charge is 0.409 e. The number of carboxylic acid groups (broad SMARTS) is 1. The van der Waals surface area contributed by atoms with Gasteiger partial charge in [-0.05, 0) is 103 Å². The number of likely N-dealkylation sites (N-methyl/N-ethyl adjacent to an activating group) is 1. The van der Waals surface area contributed by atoms with Gasteiger partial charge in [0.05, 0.1) is 54.7 Å². The number of ether oxygens (including phenoxy) is 4. The van der Waals surface area contributed by atoms with Gasteiger partial charge in [0.15, 0.2) is 0 Å². The van der Waals surface area contributed by atoms with Crippen molar-refractivity contribution in [1.29, 1.82) is 0 Å². The molecule has 4 aliphatic rings. The molecule has 0 aromatic heterocycles. The molecule has 3 fully saturated rings. The van der Waals surface area contributed by atoms with Crippen LogP contribution in [0.1, 0.15) is 162 Å². The van der Waals surface area contributed by atoms with Crippen LogP contribution in [0, 0.1) is 36.5 Å². The molecule has 2 saturated heterocycles. The number of amides is 6. The monoisotopic (exact) mass is 1310 g/mol. The van der Waals surface area contributed by atoms with E-state index in [0.29, 0.717) is 87.9 Å². The zero-order valence-corrected chi connectivity index (χ0v) is 56.2. The number of hydrogen-bond acceptors (Lipinski definition) is 17. The number of anilines is 1. The number of nitrogens with one attached hydrogen (secondary N) is 4. The number of ketones is 3. The van der Waals surface area contributed by atoms with Crippen LogP contribution in [-0.2, 0) is 73.3 Å². The molecule has 3 heterocycles. The van der Waals surface area contributed by atoms with Gasteiger partial charge in [0.1, 0.15) is 46.9 Å². The van der Waals surface area contributed by atoms with Gasteiger partial charge in [-0.3, -0.25) is 48.5 Å². The number of hydrogen-bond donors (Lipinski definition) is 6. The highest BCUT2D eigenvalue weighted by Gasteiger charge is 2.64. The van der Waals surface area contributed by atoms with Crippen LogP contribution < -0.4 is 26.2 Å². The number of alkyl carbamates (subject to hydrolysis) is 1. The number of aliphatic carboxylic acids is 1. The lowest BCUT2D eigenvalue weighted by Gasteiger charge is -2.41. The maximum absolute atomic E-state index is 14.4. The maximum Gasteiger partial charge on any atom is 0.409 e. The number of aryl methyl sites for hydroxylation is 1. The van der Waals surface area contributed by atoms with Crippen LogP contribution in [0.3, 0.4) is 0 Å². The van der Waals surface area contributed by atoms with Crippen LogP contribution in [0.2, 0.25) is 5.02 Å². The molecule has 91 heavy (non-hydrogen) atoms. The van der Waals surface area contributed by atoms with Crippen LogP contribution in [0.15, 0.2) is 35.9 Å². The Morgan fingerprint density at radius 2 is 1.66 bits per heavy atom. The van der Waals surface area contributed by atoms with Crippen molar-refractivity contribution in [3.8, 4) is 0 Å². The second kappa shape index (κ2) is 35.7. The molecule has 1 aromatic carbocycles. The highest BCUT2D eigenvalue weighted by molar-refractivity contribution is 8.00. The largest absolute Gasteiger partial charge is 0.481 e. The third-order valence-corrected chi connectivity index (χ3v) is 19.8. The van der Waals surface area contributed by atoms with E-state index in [2.05, 4.69) is 21.3 Å². The van der Waals surface area contributed by atoms with Gasteiger partial charge in [0.25, 0.3) is 0 Å². The first-order chi connectivity index (χ1) is 43.0. The molecule has 4 bridgehead atoms. The first-order valence-corrected chi connectivity index (χ1v) is 33.4. The zero-order chi connectivity index (χ0) is 67.3. The molecule has 0 radical (unpaired) electrons. The number of halogens is 1. The van der Waals surface area contributed by atoms with E-state index in [1.807, 2.05) is 38.1 Å². The number of carboxylic acids is 1. The highest BCUT2D eigenvalue weighted by atomic mass is 35.5. The Balaban J connectivity index is 1.10. The van der Waals surface area contributed by atoms with Gasteiger partial charge < -0.3 is 54.9 Å². The summed E-state index contributed by atoms with van der Waals surface area (Å²) in [7, 11) is 2.99. The van der Waals surface area contributed by atoms with Gasteiger partial charge in [-0.15, -0.1) is 11.8 Å². The molecule has 5 rings (SSSR count). The lowest BCUT2D eigenvalue weighted by atomic mass is 9.79. The minimum atomic E-state index is -1.68. The topological polar surface area (TPSA) is 323 Å². The minimum absolute atomic E-state index is 0.00172. The summed E-state index contributed by atoms with van der Waals surface area (Å²) in [5, 5.41) is 31.7. The van der Waals surface area contributed by atoms with E-state index in [0.717, 1.165) is 28.5 Å². The Morgan fingerprint density at radius 3 is 2.34 bits per heavy atom. The fourth-order valence-electron chi connectivity index (χ4n) is 11.9. The lowest BCUT2D eigenvalue weighted by molar-refractivity contribution is -0.162. The Kier molecular flexibility index (Phi) is 29.6. The van der Waals surface area contributed by atoms with E-state index in [-0.39, 0.29) is 105 Å². The van der Waals surface area contributed by atoms with Gasteiger partial charge in [-0.2, -0.15) is 0 Å². The quantitative estimate of drug-likeness (QED) is 0.0246. The number of epoxide rings is 1. The van der Waals surface area contributed by atoms with E-state index >= 15 is 0 Å². The molecule has 1 saturated carbocycles. The number of carbonyl (C=O) groups is 11. The summed E-state index contributed by atoms with van der Waals surface area (Å²) < 4.78 is 23.7. The molecule has 23 nitrogen and oxygen atoms in total. The summed E-state index contributed by atoms with van der Waals surface area (Å²) in [5.41, 5.74) is 0.0537. The average Bonchev–Trinajstić information content (AvgIpc) is 1.58. The third kappa shape index (κ3) is 23.1. The highest BCUT2D eigenvalue weighted by Crippen LogP contribution is 2.49. The van der Waals surface area contributed by atoms with E-state index in [1.54, 1.807) is 40.8 Å². The van der Waals surface area contributed by atoms with Crippen molar-refractivity contribution in [2.45, 2.75) is 205 Å². The fraction of sp³-hybridized carbons (Fsp3) is 0.682. The number of unbranched alkanes of at least 4 members (excludes halogenated alkanes) is 2. The summed E-state index contributed by atoms with van der Waals surface area (Å²) in [5.74, 6) is -5.95. The molecule has 25 heteroatoms. The van der Waals surface area contributed by atoms with Crippen molar-refractivity contribution >= 4 is 94.0 Å². The molecule has 3 unspecified atom stereocenters. The number of rotatable bonds is 31. The van der Waals surface area contributed by atoms with Crippen molar-refractivity contribution in [3.05, 3.63) is 52.1 Å². The molecule has 1 aliphatic carbocycles. The van der Waals surface area contributed by atoms with Crippen LogP contribution in [-0.4, -0.2) is 174 Å². The number of benzene rings is 1. The molecule has 1 aromatic rings. The summed E-state index contributed by atoms with van der Waals surface area (Å²) in [6.45, 7) is 14.5. The van der Waals surface area contributed by atoms with E-state index < -0.39 is 101 Å². The van der Waals surface area contributed by atoms with Crippen LogP contribution >= 0.6 is 23.4 Å². The Labute approximate surface area is 544 Å². The molecule has 3 aliphatic heterocycles. The SMILES string of the molecule is CCC(=O)NCCOCCC(=O)CC(CCCCCC(=O)C1CCC(CNC(=O)C(CC(=O)O)SCCC(=O)N(C)[C@@H](C)C(=O)O[C@@H]2CC(=O)N(C)c3cc(cc(C)c3Cl)C/C(C)=C/C=C/[C@H](C)[C@@]3(O)CC(OC(=O)N3)[C@@H](C)[C@@H]3O[C@@]23C)CC1)C(=O)NCC(C)=O. The van der Waals surface area contributed by atoms with Gasteiger partial charge >= 0.3 is 18.0 Å². The average molecular weight is 1310 g/mol. The molecule has 10 atom stereocenters. The van der Waals surface area contributed by atoms with Gasteiger partial charge in [-0.1, -0.05) is 75.1 Å². The number of nitrogens with zero attached hydrogens (tertiary/aromatic N) is 2. The second-order valence-corrected chi connectivity index (χ2v) is 27.0. The second-order valence-electron chi connectivity index (χ2n) is 25.3. The maximum atomic E-state index is 14.4. The van der Waals surface area contributed by atoms with Crippen LogP contribution in [0.5, 0.6) is 0 Å². The first kappa shape index (κ1) is 75.5. The minimum Gasteiger partial charge on any atom is -0.481 e. The molecular formula is C66H97ClN6O17S. The predicted molar refractivity (Wildman–Crippen MR) is 343 cm³/mol. The summed E-state index contributed by atoms with van der Waals surface area (Å²) in [6, 6.07) is 2.58. The Morgan fingerprint density at radius 1 is 0.945 bits per heavy atom. The van der Waals surface area contributed by atoms with Gasteiger partial charge in [0.2, 0.25) is 29.5 Å². The van der Waals surface area contributed by atoms with Crippen molar-refractivity contribution < 1.29 is 81.9 Å². The number of aliphatic hydroxyl groups is 1. The van der Waals surface area contributed by atoms with Crippen molar-refractivity contribution in [3.63, 3.8) is 0 Å². The Bertz CT molecular complexity index is 2840. The van der Waals surface area contributed by atoms with Crippen molar-refractivity contribution in [2.75, 3.05) is 57.6 Å². The zero-order valence-electron chi connectivity index (χ0n) is 54.6. The summed E-state index contributed by atoms with van der Waals surface area (Å²) in [6.07, 6.45) is 7.15. The molecule has 6 N–H and O–H groups in total. The van der Waals surface area contributed by atoms with Crippen molar-refractivity contribution in [1.82, 2.24) is 26.2 Å². The van der Waals surface area contributed by atoms with Crippen molar-refractivity contribution in [2.24, 2.45) is 29.6 Å². The van der Waals surface area contributed by atoms with Crippen LogP contribution in [0.25, 0.3) is 0 Å². The standard InChI is InChI=1S/C66H97ClN6O17S/c1-11-55(77)68-26-28-87-27-24-49(75)33-48(61(82)69-37-42(5)74)18-13-12-14-19-51(76)47-22-20-45(21-23-47)38-70-62(83)53(34-58(80)81)91-29-25-56(78)72(9)44(7)63(84)89-54-35-57(79)73(10)50-32-46(31-40(3)59(50)67)30-39(2)16-15-17-41(4)66(86)36-52(88-64(85)71-66)43(6)60-65(54,8)90-60/h15-17,31-32,41,43-45,47-48,52-54,60,86H,11-14,18-30,33-38H2,1-10H3,(H,68,77)(H,69,82)(H,70,83)(H,71,85)(H,80,81)/b17-15+,39-16+/t41-,43+,44-,45?,47?,48?,52?,53?,54+,60-,65-,66-/m0/s1. The Hall–Kier alpha value is -6.21. The molecular weight excluding hydrogens is 1220 g/mol. The number of allylic oxidation sites excluding steroid dienone is 3. The fourth-order valence-corrected chi connectivity index (χ4v) is 13.2. The summed E-state index contributed by atoms with van der Waals surface area (Å²) in [4.78, 5) is 145. The third-order valence-electron chi connectivity index (χ3n) is 18.1. The number of Topliss-reactive ketones (excluding diaryl/α,β-unsaturated/α-hetero) is 3. The normalized spacial score (nSPS) is 26.1. The molecule has 6 amide bonds. The van der Waals surface area contributed by atoms with E-state index in [1.165, 1.54) is 30.7 Å². The van der Waals surface area contributed by atoms with E-state index in [9.17, 15) is 63.0 Å². The van der Waals surface area contributed by atoms with Gasteiger partial charge in [0, 0.05) is 95.1 Å². The number of fused-ring (bicyclic) bond motifs is 5. The number of esters is 1. The van der Waals surface area contributed by atoms with E-state index in [4.69, 9.17) is 30.5 Å². The number of thioether (sulfide) groups is 1. The molecule has 506 valence electrons.